The first-order valence-corrected chi connectivity index (χ1v) is 9.26. The SMILES string of the molecule is CN1C=C(c2ccc3ccccc3n2)C(c2ccccc2)c2ccccc21. The molecule has 1 aromatic heterocycles. The quantitative estimate of drug-likeness (QED) is 0.451. The van der Waals surface area contributed by atoms with Crippen molar-refractivity contribution in [2.45, 2.75) is 5.92 Å². The Kier molecular flexibility index (Phi) is 3.75. The average molecular weight is 348 g/mol. The minimum absolute atomic E-state index is 0.173. The summed E-state index contributed by atoms with van der Waals surface area (Å²) < 4.78 is 0. The van der Waals surface area contributed by atoms with E-state index in [1.807, 2.05) is 6.07 Å². The van der Waals surface area contributed by atoms with Crippen molar-refractivity contribution >= 4 is 22.2 Å². The summed E-state index contributed by atoms with van der Waals surface area (Å²) in [5.74, 6) is 0.173. The summed E-state index contributed by atoms with van der Waals surface area (Å²) in [6.07, 6.45) is 2.23. The van der Waals surface area contributed by atoms with E-state index in [1.165, 1.54) is 27.8 Å². The van der Waals surface area contributed by atoms with E-state index >= 15 is 0 Å². The van der Waals surface area contributed by atoms with Gasteiger partial charge in [-0.15, -0.1) is 0 Å². The van der Waals surface area contributed by atoms with E-state index in [9.17, 15) is 0 Å². The molecule has 0 amide bonds. The zero-order valence-electron chi connectivity index (χ0n) is 15.2. The highest BCUT2D eigenvalue weighted by molar-refractivity contribution is 5.86. The van der Waals surface area contributed by atoms with Crippen molar-refractivity contribution in [3.05, 3.63) is 114 Å². The number of pyridine rings is 1. The van der Waals surface area contributed by atoms with E-state index in [0.717, 1.165) is 11.2 Å². The third-order valence-electron chi connectivity index (χ3n) is 5.30. The molecule has 27 heavy (non-hydrogen) atoms. The van der Waals surface area contributed by atoms with Crippen molar-refractivity contribution in [2.75, 3.05) is 11.9 Å². The van der Waals surface area contributed by atoms with Gasteiger partial charge in [0.15, 0.2) is 0 Å². The van der Waals surface area contributed by atoms with Gasteiger partial charge in [-0.25, -0.2) is 4.98 Å². The number of hydrogen-bond donors (Lipinski definition) is 0. The maximum absolute atomic E-state index is 4.99. The molecule has 0 radical (unpaired) electrons. The molecule has 1 atom stereocenters. The van der Waals surface area contributed by atoms with Crippen molar-refractivity contribution in [3.8, 4) is 0 Å². The Balaban J connectivity index is 1.73. The molecule has 130 valence electrons. The van der Waals surface area contributed by atoms with Gasteiger partial charge < -0.3 is 4.90 Å². The third kappa shape index (κ3) is 2.70. The first kappa shape index (κ1) is 15.8. The van der Waals surface area contributed by atoms with E-state index in [0.29, 0.717) is 0 Å². The van der Waals surface area contributed by atoms with Gasteiger partial charge in [-0.2, -0.15) is 0 Å². The summed E-state index contributed by atoms with van der Waals surface area (Å²) >= 11 is 0. The fourth-order valence-electron chi connectivity index (χ4n) is 4.02. The maximum Gasteiger partial charge on any atom is 0.0709 e. The van der Waals surface area contributed by atoms with Crippen LogP contribution in [0.2, 0.25) is 0 Å². The second kappa shape index (κ2) is 6.40. The Morgan fingerprint density at radius 1 is 0.741 bits per heavy atom. The van der Waals surface area contributed by atoms with Gasteiger partial charge in [0.25, 0.3) is 0 Å². The van der Waals surface area contributed by atoms with E-state index in [1.54, 1.807) is 0 Å². The molecule has 0 N–H and O–H groups in total. The van der Waals surface area contributed by atoms with Gasteiger partial charge in [-0.3, -0.25) is 0 Å². The lowest BCUT2D eigenvalue weighted by atomic mass is 9.80. The standard InChI is InChI=1S/C25H20N2/c1-27-17-21(23-16-15-18-9-5-7-13-22(18)26-23)25(19-10-3-2-4-11-19)20-12-6-8-14-24(20)27/h2-17,25H,1H3. The van der Waals surface area contributed by atoms with E-state index in [4.69, 9.17) is 4.98 Å². The van der Waals surface area contributed by atoms with Crippen LogP contribution in [0.1, 0.15) is 22.7 Å². The maximum atomic E-state index is 4.99. The van der Waals surface area contributed by atoms with Crippen LogP contribution in [0.15, 0.2) is 97.2 Å². The zero-order valence-corrected chi connectivity index (χ0v) is 15.2. The lowest BCUT2D eigenvalue weighted by Crippen LogP contribution is -2.21. The van der Waals surface area contributed by atoms with Gasteiger partial charge >= 0.3 is 0 Å². The molecule has 0 saturated carbocycles. The molecule has 0 spiro atoms. The Morgan fingerprint density at radius 2 is 1.48 bits per heavy atom. The largest absolute Gasteiger partial charge is 0.350 e. The molecular formula is C25H20N2. The van der Waals surface area contributed by atoms with Crippen LogP contribution < -0.4 is 4.90 Å². The van der Waals surface area contributed by atoms with Crippen molar-refractivity contribution in [2.24, 2.45) is 0 Å². The van der Waals surface area contributed by atoms with Gasteiger partial charge in [-0.05, 0) is 29.3 Å². The van der Waals surface area contributed by atoms with Crippen LogP contribution in [0.25, 0.3) is 16.5 Å². The van der Waals surface area contributed by atoms with Crippen LogP contribution >= 0.6 is 0 Å². The Morgan fingerprint density at radius 3 is 2.37 bits per heavy atom. The van der Waals surface area contributed by atoms with Crippen LogP contribution in [-0.4, -0.2) is 12.0 Å². The second-order valence-electron chi connectivity index (χ2n) is 6.99. The predicted octanol–water partition coefficient (Wildman–Crippen LogP) is 5.86. The molecule has 0 fully saturated rings. The summed E-state index contributed by atoms with van der Waals surface area (Å²) in [5, 5.41) is 1.17. The Bertz CT molecular complexity index is 1150. The highest BCUT2D eigenvalue weighted by atomic mass is 15.1. The summed E-state index contributed by atoms with van der Waals surface area (Å²) in [5.41, 5.74) is 7.15. The Labute approximate surface area is 159 Å². The molecule has 1 unspecified atom stereocenters. The lowest BCUT2D eigenvalue weighted by Gasteiger charge is -2.33. The van der Waals surface area contributed by atoms with Crippen molar-refractivity contribution < 1.29 is 0 Å². The van der Waals surface area contributed by atoms with Crippen molar-refractivity contribution in [1.82, 2.24) is 4.98 Å². The number of benzene rings is 3. The first-order valence-electron chi connectivity index (χ1n) is 9.26. The first-order chi connectivity index (χ1) is 13.3. The zero-order chi connectivity index (χ0) is 18.2. The Hall–Kier alpha value is -3.39. The number of fused-ring (bicyclic) bond motifs is 2. The molecule has 1 aliphatic heterocycles. The summed E-state index contributed by atoms with van der Waals surface area (Å²) in [7, 11) is 2.11. The molecule has 4 aromatic rings. The van der Waals surface area contributed by atoms with Crippen LogP contribution in [0.3, 0.4) is 0 Å². The number of hydrogen-bond acceptors (Lipinski definition) is 2. The fraction of sp³-hybridized carbons (Fsp3) is 0.0800. The van der Waals surface area contributed by atoms with E-state index in [2.05, 4.69) is 103 Å². The van der Waals surface area contributed by atoms with Gasteiger partial charge in [-0.1, -0.05) is 72.8 Å². The van der Waals surface area contributed by atoms with Crippen LogP contribution in [-0.2, 0) is 0 Å². The van der Waals surface area contributed by atoms with Crippen LogP contribution in [0.4, 0.5) is 5.69 Å². The smallest absolute Gasteiger partial charge is 0.0709 e. The molecular weight excluding hydrogens is 328 g/mol. The number of rotatable bonds is 2. The lowest BCUT2D eigenvalue weighted by molar-refractivity contribution is 0.976. The normalized spacial score (nSPS) is 16.1. The number of anilines is 1. The molecule has 0 aliphatic carbocycles. The topological polar surface area (TPSA) is 16.1 Å². The number of allylic oxidation sites excluding steroid dienone is 1. The van der Waals surface area contributed by atoms with Crippen molar-refractivity contribution in [3.63, 3.8) is 0 Å². The van der Waals surface area contributed by atoms with E-state index in [-0.39, 0.29) is 5.92 Å². The van der Waals surface area contributed by atoms with Gasteiger partial charge in [0.1, 0.15) is 0 Å². The molecule has 1 aliphatic rings. The molecule has 2 heteroatoms. The van der Waals surface area contributed by atoms with Gasteiger partial charge in [0.2, 0.25) is 0 Å². The third-order valence-corrected chi connectivity index (χ3v) is 5.30. The predicted molar refractivity (Wildman–Crippen MR) is 113 cm³/mol. The van der Waals surface area contributed by atoms with Crippen LogP contribution in [0.5, 0.6) is 0 Å². The molecule has 2 nitrogen and oxygen atoms in total. The highest BCUT2D eigenvalue weighted by Gasteiger charge is 2.28. The minimum Gasteiger partial charge on any atom is -0.350 e. The summed E-state index contributed by atoms with van der Waals surface area (Å²) in [4.78, 5) is 7.20. The minimum atomic E-state index is 0.173. The molecule has 0 bridgehead atoms. The summed E-state index contributed by atoms with van der Waals surface area (Å²) in [6, 6.07) is 32.0. The second-order valence-corrected chi connectivity index (χ2v) is 6.99. The molecule has 5 rings (SSSR count). The summed E-state index contributed by atoms with van der Waals surface area (Å²) in [6.45, 7) is 0. The average Bonchev–Trinajstić information content (AvgIpc) is 2.74. The van der Waals surface area contributed by atoms with Gasteiger partial charge in [0.05, 0.1) is 11.2 Å². The van der Waals surface area contributed by atoms with Crippen molar-refractivity contribution in [1.29, 1.82) is 0 Å². The molecule has 2 heterocycles. The number of para-hydroxylation sites is 2. The van der Waals surface area contributed by atoms with E-state index < -0.39 is 0 Å². The molecule has 0 saturated heterocycles. The van der Waals surface area contributed by atoms with Crippen LogP contribution in [0, 0.1) is 0 Å². The fourth-order valence-corrected chi connectivity index (χ4v) is 4.02. The monoisotopic (exact) mass is 348 g/mol. The number of nitrogens with zero attached hydrogens (tertiary/aromatic N) is 2. The van der Waals surface area contributed by atoms with Gasteiger partial charge in [0, 0.05) is 35.8 Å². The molecule has 3 aromatic carbocycles. The number of aromatic nitrogens is 1. The highest BCUT2D eigenvalue weighted by Crippen LogP contribution is 2.45.